The topological polar surface area (TPSA) is 61.9 Å². The van der Waals surface area contributed by atoms with Crippen LogP contribution in [0.25, 0.3) is 6.08 Å². The number of anilines is 1. The van der Waals surface area contributed by atoms with Gasteiger partial charge in [-0.1, -0.05) is 29.8 Å². The van der Waals surface area contributed by atoms with Crippen LogP contribution in [-0.2, 0) is 9.59 Å². The van der Waals surface area contributed by atoms with Crippen LogP contribution in [-0.4, -0.2) is 56.5 Å². The van der Waals surface area contributed by atoms with Crippen LogP contribution >= 0.6 is 11.6 Å². The van der Waals surface area contributed by atoms with Gasteiger partial charge in [-0.2, -0.15) is 0 Å². The van der Waals surface area contributed by atoms with E-state index in [2.05, 4.69) is 22.3 Å². The number of ether oxygens (including phenoxy) is 1. The lowest BCUT2D eigenvalue weighted by Crippen LogP contribution is -2.49. The summed E-state index contributed by atoms with van der Waals surface area (Å²) in [7, 11) is 1.56. The summed E-state index contributed by atoms with van der Waals surface area (Å²) in [5.74, 6) is 0.426. The van der Waals surface area contributed by atoms with Gasteiger partial charge in [-0.05, 0) is 36.4 Å². The summed E-state index contributed by atoms with van der Waals surface area (Å²) in [6, 6.07) is 15.4. The second kappa shape index (κ2) is 10.7. The molecule has 158 valence electrons. The van der Waals surface area contributed by atoms with Gasteiger partial charge in [0.05, 0.1) is 7.11 Å². The molecule has 1 fully saturated rings. The van der Waals surface area contributed by atoms with Crippen LogP contribution in [0.15, 0.2) is 54.6 Å². The van der Waals surface area contributed by atoms with E-state index in [1.54, 1.807) is 31.4 Å². The van der Waals surface area contributed by atoms with Crippen molar-refractivity contribution in [1.82, 2.24) is 10.2 Å². The molecule has 0 unspecified atom stereocenters. The molecular weight excluding hydrogens is 402 g/mol. The second-order valence-corrected chi connectivity index (χ2v) is 7.40. The number of piperazine rings is 1. The molecule has 0 aromatic heterocycles. The monoisotopic (exact) mass is 427 g/mol. The van der Waals surface area contributed by atoms with Gasteiger partial charge in [0, 0.05) is 61.5 Å². The zero-order valence-electron chi connectivity index (χ0n) is 17.0. The van der Waals surface area contributed by atoms with Crippen LogP contribution in [0.3, 0.4) is 0 Å². The maximum absolute atomic E-state index is 12.4. The fraction of sp³-hybridized carbons (Fsp3) is 0.304. The fourth-order valence-corrected chi connectivity index (χ4v) is 3.54. The standard InChI is InChI=1S/C23H26ClN3O3/c1-30-21-9-8-19(24)17-18(21)7-10-22(28)25-12-11-23(29)27-15-13-26(14-16-27)20-5-3-2-4-6-20/h2-10,17H,11-16H2,1H3,(H,25,28)/b10-7+. The number of nitrogens with one attached hydrogen (secondary N) is 1. The Morgan fingerprint density at radius 1 is 1.10 bits per heavy atom. The summed E-state index contributed by atoms with van der Waals surface area (Å²) in [5.41, 5.74) is 1.90. The number of methoxy groups -OCH3 is 1. The summed E-state index contributed by atoms with van der Waals surface area (Å²) >= 11 is 5.99. The molecule has 2 aromatic carbocycles. The van der Waals surface area contributed by atoms with Gasteiger partial charge in [0.1, 0.15) is 5.75 Å². The fourth-order valence-electron chi connectivity index (χ4n) is 3.36. The molecule has 1 aliphatic heterocycles. The second-order valence-electron chi connectivity index (χ2n) is 6.96. The molecule has 3 rings (SSSR count). The number of hydrogen-bond donors (Lipinski definition) is 1. The van der Waals surface area contributed by atoms with Crippen molar-refractivity contribution >= 4 is 35.2 Å². The highest BCUT2D eigenvalue weighted by molar-refractivity contribution is 6.30. The molecule has 1 N–H and O–H groups in total. The van der Waals surface area contributed by atoms with Crippen molar-refractivity contribution in [2.24, 2.45) is 0 Å². The van der Waals surface area contributed by atoms with E-state index in [4.69, 9.17) is 16.3 Å². The Labute approximate surface area is 182 Å². The Hall–Kier alpha value is -2.99. The van der Waals surface area contributed by atoms with E-state index in [0.717, 1.165) is 13.1 Å². The lowest BCUT2D eigenvalue weighted by Gasteiger charge is -2.36. The van der Waals surface area contributed by atoms with Gasteiger partial charge in [0.2, 0.25) is 11.8 Å². The smallest absolute Gasteiger partial charge is 0.244 e. The number of carbonyl (C=O) groups excluding carboxylic acids is 2. The minimum absolute atomic E-state index is 0.0588. The van der Waals surface area contributed by atoms with E-state index in [1.807, 2.05) is 23.1 Å². The van der Waals surface area contributed by atoms with Crippen LogP contribution < -0.4 is 15.0 Å². The highest BCUT2D eigenvalue weighted by atomic mass is 35.5. The van der Waals surface area contributed by atoms with Crippen molar-refractivity contribution in [3.63, 3.8) is 0 Å². The zero-order valence-corrected chi connectivity index (χ0v) is 17.8. The van der Waals surface area contributed by atoms with Crippen molar-refractivity contribution < 1.29 is 14.3 Å². The van der Waals surface area contributed by atoms with Gasteiger partial charge >= 0.3 is 0 Å². The molecule has 0 radical (unpaired) electrons. The summed E-state index contributed by atoms with van der Waals surface area (Å²) in [5, 5.41) is 3.32. The maximum atomic E-state index is 12.4. The minimum Gasteiger partial charge on any atom is -0.496 e. The molecule has 30 heavy (non-hydrogen) atoms. The molecule has 7 heteroatoms. The van der Waals surface area contributed by atoms with Crippen LogP contribution in [0.1, 0.15) is 12.0 Å². The molecule has 0 bridgehead atoms. The van der Waals surface area contributed by atoms with Gasteiger partial charge in [-0.15, -0.1) is 0 Å². The Kier molecular flexibility index (Phi) is 7.74. The highest BCUT2D eigenvalue weighted by Gasteiger charge is 2.20. The van der Waals surface area contributed by atoms with E-state index < -0.39 is 0 Å². The first kappa shape index (κ1) is 21.7. The Bertz CT molecular complexity index is 894. The SMILES string of the molecule is COc1ccc(Cl)cc1/C=C/C(=O)NCCC(=O)N1CCN(c2ccccc2)CC1. The van der Waals surface area contributed by atoms with E-state index in [9.17, 15) is 9.59 Å². The highest BCUT2D eigenvalue weighted by Crippen LogP contribution is 2.23. The van der Waals surface area contributed by atoms with Crippen LogP contribution in [0, 0.1) is 0 Å². The van der Waals surface area contributed by atoms with Gasteiger partial charge in [0.25, 0.3) is 0 Å². The summed E-state index contributed by atoms with van der Waals surface area (Å²) in [6.45, 7) is 3.30. The van der Waals surface area contributed by atoms with Crippen LogP contribution in [0.4, 0.5) is 5.69 Å². The van der Waals surface area contributed by atoms with Crippen molar-refractivity contribution in [3.05, 3.63) is 65.2 Å². The van der Waals surface area contributed by atoms with E-state index in [-0.39, 0.29) is 18.2 Å². The molecule has 0 aliphatic carbocycles. The van der Waals surface area contributed by atoms with Gasteiger partial charge in [-0.25, -0.2) is 0 Å². The first-order valence-electron chi connectivity index (χ1n) is 9.94. The van der Waals surface area contributed by atoms with Gasteiger partial charge in [0.15, 0.2) is 0 Å². The Morgan fingerprint density at radius 3 is 2.53 bits per heavy atom. The number of hydrogen-bond acceptors (Lipinski definition) is 4. The molecule has 2 aromatic rings. The van der Waals surface area contributed by atoms with Crippen molar-refractivity contribution in [2.45, 2.75) is 6.42 Å². The zero-order chi connectivity index (χ0) is 21.3. The predicted molar refractivity (Wildman–Crippen MR) is 120 cm³/mol. The normalized spacial score (nSPS) is 14.1. The maximum Gasteiger partial charge on any atom is 0.244 e. The Morgan fingerprint density at radius 2 is 1.83 bits per heavy atom. The summed E-state index contributed by atoms with van der Waals surface area (Å²) in [6.07, 6.45) is 3.34. The third kappa shape index (κ3) is 6.00. The average Bonchev–Trinajstić information content (AvgIpc) is 2.78. The summed E-state index contributed by atoms with van der Waals surface area (Å²) < 4.78 is 5.25. The van der Waals surface area contributed by atoms with Gasteiger partial charge < -0.3 is 19.9 Å². The first-order chi connectivity index (χ1) is 14.6. The minimum atomic E-state index is -0.265. The molecular formula is C23H26ClN3O3. The molecule has 1 heterocycles. The lowest BCUT2D eigenvalue weighted by molar-refractivity contribution is -0.131. The Balaban J connectivity index is 1.40. The lowest BCUT2D eigenvalue weighted by atomic mass is 10.2. The quantitative estimate of drug-likeness (QED) is 0.689. The number of halogens is 1. The predicted octanol–water partition coefficient (Wildman–Crippen LogP) is 3.22. The molecule has 1 aliphatic rings. The van der Waals surface area contributed by atoms with E-state index >= 15 is 0 Å². The van der Waals surface area contributed by atoms with Crippen molar-refractivity contribution in [3.8, 4) is 5.75 Å². The number of amides is 2. The number of para-hydroxylation sites is 1. The average molecular weight is 428 g/mol. The molecule has 2 amide bonds. The first-order valence-corrected chi connectivity index (χ1v) is 10.3. The number of rotatable bonds is 7. The molecule has 6 nitrogen and oxygen atoms in total. The largest absolute Gasteiger partial charge is 0.496 e. The van der Waals surface area contributed by atoms with Crippen molar-refractivity contribution in [2.75, 3.05) is 44.7 Å². The number of nitrogens with zero attached hydrogens (tertiary/aromatic N) is 2. The summed E-state index contributed by atoms with van der Waals surface area (Å²) in [4.78, 5) is 28.6. The molecule has 0 spiro atoms. The molecule has 0 saturated carbocycles. The third-order valence-electron chi connectivity index (χ3n) is 5.00. The molecule has 1 saturated heterocycles. The van der Waals surface area contributed by atoms with Crippen LogP contribution in [0.2, 0.25) is 5.02 Å². The van der Waals surface area contributed by atoms with Crippen LogP contribution in [0.5, 0.6) is 5.75 Å². The number of carbonyl (C=O) groups is 2. The van der Waals surface area contributed by atoms with E-state index in [1.165, 1.54) is 11.8 Å². The molecule has 0 atom stereocenters. The third-order valence-corrected chi connectivity index (χ3v) is 5.23. The van der Waals surface area contributed by atoms with E-state index in [0.29, 0.717) is 36.0 Å². The van der Waals surface area contributed by atoms with Gasteiger partial charge in [-0.3, -0.25) is 9.59 Å². The number of benzene rings is 2. The van der Waals surface area contributed by atoms with Crippen molar-refractivity contribution in [1.29, 1.82) is 0 Å².